The first-order valence-electron chi connectivity index (χ1n) is 5.60. The summed E-state index contributed by atoms with van der Waals surface area (Å²) in [4.78, 5) is 0. The molecular formula is C13H19FO3. The third-order valence-corrected chi connectivity index (χ3v) is 2.73. The average Bonchev–Trinajstić information content (AvgIpc) is 2.31. The molecule has 0 saturated heterocycles. The summed E-state index contributed by atoms with van der Waals surface area (Å²) in [7, 11) is 3.01. The van der Waals surface area contributed by atoms with E-state index in [1.54, 1.807) is 25.3 Å². The van der Waals surface area contributed by atoms with Crippen molar-refractivity contribution in [1.82, 2.24) is 0 Å². The first kappa shape index (κ1) is 13.9. The second kappa shape index (κ2) is 6.57. The van der Waals surface area contributed by atoms with Crippen molar-refractivity contribution in [3.8, 4) is 5.75 Å². The molecule has 0 heterocycles. The molecule has 0 radical (unpaired) electrons. The molecular weight excluding hydrogens is 223 g/mol. The van der Waals surface area contributed by atoms with Gasteiger partial charge >= 0.3 is 0 Å². The van der Waals surface area contributed by atoms with Gasteiger partial charge in [-0.25, -0.2) is 4.39 Å². The Balaban J connectivity index is 2.68. The van der Waals surface area contributed by atoms with E-state index in [9.17, 15) is 9.50 Å². The van der Waals surface area contributed by atoms with Crippen molar-refractivity contribution in [2.75, 3.05) is 14.2 Å². The van der Waals surface area contributed by atoms with Gasteiger partial charge in [-0.05, 0) is 25.0 Å². The number of hydrogen-bond acceptors (Lipinski definition) is 3. The molecule has 0 aliphatic rings. The minimum atomic E-state index is -0.619. The van der Waals surface area contributed by atoms with E-state index in [4.69, 9.17) is 9.47 Å². The summed E-state index contributed by atoms with van der Waals surface area (Å²) in [6.45, 7) is 1.87. The fraction of sp³-hybridized carbons (Fsp3) is 0.538. The largest absolute Gasteiger partial charge is 0.494 e. The van der Waals surface area contributed by atoms with E-state index < -0.39 is 11.9 Å². The average molecular weight is 242 g/mol. The van der Waals surface area contributed by atoms with Gasteiger partial charge in [0.25, 0.3) is 0 Å². The molecule has 0 aliphatic heterocycles. The molecule has 3 nitrogen and oxygen atoms in total. The molecule has 96 valence electrons. The second-order valence-electron chi connectivity index (χ2n) is 4.07. The molecule has 17 heavy (non-hydrogen) atoms. The Kier molecular flexibility index (Phi) is 5.38. The van der Waals surface area contributed by atoms with Crippen LogP contribution in [0.1, 0.15) is 18.9 Å². The van der Waals surface area contributed by atoms with Gasteiger partial charge in [0.15, 0.2) is 11.6 Å². The van der Waals surface area contributed by atoms with E-state index in [0.717, 1.165) is 0 Å². The number of methoxy groups -OCH3 is 2. The zero-order chi connectivity index (χ0) is 12.8. The van der Waals surface area contributed by atoms with Crippen molar-refractivity contribution in [2.45, 2.75) is 32.0 Å². The summed E-state index contributed by atoms with van der Waals surface area (Å²) in [5, 5.41) is 9.80. The number of aliphatic hydroxyl groups is 1. The highest BCUT2D eigenvalue weighted by Crippen LogP contribution is 2.21. The standard InChI is InChI=1S/C13H19FO3/c1-9(16-2)7-11(15)8-10-5-4-6-12(17-3)13(10)14/h4-6,9,11,15H,7-8H2,1-3H3. The lowest BCUT2D eigenvalue weighted by Gasteiger charge is -2.16. The lowest BCUT2D eigenvalue weighted by atomic mass is 10.0. The number of benzene rings is 1. The van der Waals surface area contributed by atoms with Gasteiger partial charge in [0, 0.05) is 13.5 Å². The van der Waals surface area contributed by atoms with Crippen molar-refractivity contribution in [1.29, 1.82) is 0 Å². The number of hydrogen-bond donors (Lipinski definition) is 1. The van der Waals surface area contributed by atoms with Crippen LogP contribution in [0.3, 0.4) is 0 Å². The molecule has 1 N–H and O–H groups in total. The van der Waals surface area contributed by atoms with Crippen LogP contribution in [-0.4, -0.2) is 31.5 Å². The van der Waals surface area contributed by atoms with Gasteiger partial charge in [-0.1, -0.05) is 12.1 Å². The molecule has 4 heteroatoms. The monoisotopic (exact) mass is 242 g/mol. The van der Waals surface area contributed by atoms with Crippen LogP contribution in [0.15, 0.2) is 18.2 Å². The van der Waals surface area contributed by atoms with E-state index in [1.807, 2.05) is 6.92 Å². The number of aliphatic hydroxyl groups excluding tert-OH is 1. The molecule has 0 spiro atoms. The Labute approximate surface area is 101 Å². The van der Waals surface area contributed by atoms with Crippen LogP contribution in [0, 0.1) is 5.82 Å². The summed E-state index contributed by atoms with van der Waals surface area (Å²) in [6.07, 6.45) is 0.0781. The third kappa shape index (κ3) is 3.98. The van der Waals surface area contributed by atoms with Crippen molar-refractivity contribution in [3.05, 3.63) is 29.6 Å². The maximum atomic E-state index is 13.8. The first-order chi connectivity index (χ1) is 8.08. The molecule has 0 bridgehead atoms. The lowest BCUT2D eigenvalue weighted by Crippen LogP contribution is -2.19. The smallest absolute Gasteiger partial charge is 0.168 e. The molecule has 1 rings (SSSR count). The molecule has 2 atom stereocenters. The maximum Gasteiger partial charge on any atom is 0.168 e. The van der Waals surface area contributed by atoms with Gasteiger partial charge in [0.2, 0.25) is 0 Å². The van der Waals surface area contributed by atoms with Gasteiger partial charge in [0.05, 0.1) is 19.3 Å². The van der Waals surface area contributed by atoms with E-state index in [2.05, 4.69) is 0 Å². The summed E-state index contributed by atoms with van der Waals surface area (Å²) in [6, 6.07) is 4.92. The van der Waals surface area contributed by atoms with Crippen LogP contribution in [0.4, 0.5) is 4.39 Å². The predicted octanol–water partition coefficient (Wildman–Crippen LogP) is 2.16. The number of halogens is 1. The zero-order valence-corrected chi connectivity index (χ0v) is 10.4. The van der Waals surface area contributed by atoms with E-state index in [1.165, 1.54) is 7.11 Å². The third-order valence-electron chi connectivity index (χ3n) is 2.73. The first-order valence-corrected chi connectivity index (χ1v) is 5.60. The Morgan fingerprint density at radius 3 is 2.65 bits per heavy atom. The molecule has 0 aliphatic carbocycles. The summed E-state index contributed by atoms with van der Waals surface area (Å²) in [5.74, 6) is -0.200. The van der Waals surface area contributed by atoms with E-state index in [0.29, 0.717) is 12.0 Å². The van der Waals surface area contributed by atoms with Crippen molar-refractivity contribution < 1.29 is 19.0 Å². The lowest BCUT2D eigenvalue weighted by molar-refractivity contribution is 0.0562. The number of rotatable bonds is 6. The molecule has 1 aromatic rings. The van der Waals surface area contributed by atoms with Crippen LogP contribution >= 0.6 is 0 Å². The van der Waals surface area contributed by atoms with Gasteiger partial charge < -0.3 is 14.6 Å². The van der Waals surface area contributed by atoms with Crippen molar-refractivity contribution >= 4 is 0 Å². The minimum absolute atomic E-state index is 0.0429. The van der Waals surface area contributed by atoms with Crippen LogP contribution < -0.4 is 4.74 Å². The normalized spacial score (nSPS) is 14.4. The summed E-state index contributed by atoms with van der Waals surface area (Å²) in [5.41, 5.74) is 0.458. The molecule has 0 fully saturated rings. The fourth-order valence-corrected chi connectivity index (χ4v) is 1.69. The number of ether oxygens (including phenoxy) is 2. The highest BCUT2D eigenvalue weighted by Gasteiger charge is 2.15. The van der Waals surface area contributed by atoms with Crippen LogP contribution in [0.2, 0.25) is 0 Å². The van der Waals surface area contributed by atoms with Crippen molar-refractivity contribution in [3.63, 3.8) is 0 Å². The van der Waals surface area contributed by atoms with Gasteiger partial charge in [-0.2, -0.15) is 0 Å². The van der Waals surface area contributed by atoms with Crippen LogP contribution in [-0.2, 0) is 11.2 Å². The highest BCUT2D eigenvalue weighted by molar-refractivity contribution is 5.31. The minimum Gasteiger partial charge on any atom is -0.494 e. The predicted molar refractivity (Wildman–Crippen MR) is 63.8 cm³/mol. The Morgan fingerprint density at radius 2 is 2.06 bits per heavy atom. The SMILES string of the molecule is COc1cccc(CC(O)CC(C)OC)c1F. The highest BCUT2D eigenvalue weighted by atomic mass is 19.1. The quantitative estimate of drug-likeness (QED) is 0.830. The molecule has 0 amide bonds. The molecule has 0 saturated carbocycles. The molecule has 0 aromatic heterocycles. The molecule has 2 unspecified atom stereocenters. The second-order valence-corrected chi connectivity index (χ2v) is 4.07. The summed E-state index contributed by atoms with van der Waals surface area (Å²) >= 11 is 0. The Morgan fingerprint density at radius 1 is 1.35 bits per heavy atom. The fourth-order valence-electron chi connectivity index (χ4n) is 1.69. The van der Waals surface area contributed by atoms with Gasteiger partial charge in [-0.3, -0.25) is 0 Å². The Hall–Kier alpha value is -1.13. The Bertz CT molecular complexity index is 355. The topological polar surface area (TPSA) is 38.7 Å². The van der Waals surface area contributed by atoms with Crippen LogP contribution in [0.5, 0.6) is 5.75 Å². The van der Waals surface area contributed by atoms with Crippen LogP contribution in [0.25, 0.3) is 0 Å². The zero-order valence-electron chi connectivity index (χ0n) is 10.4. The van der Waals surface area contributed by atoms with Gasteiger partial charge in [0.1, 0.15) is 0 Å². The summed E-state index contributed by atoms with van der Waals surface area (Å²) < 4.78 is 23.7. The van der Waals surface area contributed by atoms with E-state index in [-0.39, 0.29) is 18.3 Å². The van der Waals surface area contributed by atoms with Crippen molar-refractivity contribution in [2.24, 2.45) is 0 Å². The van der Waals surface area contributed by atoms with Gasteiger partial charge in [-0.15, -0.1) is 0 Å². The maximum absolute atomic E-state index is 13.8. The molecule has 1 aromatic carbocycles. The van der Waals surface area contributed by atoms with E-state index >= 15 is 0 Å².